The van der Waals surface area contributed by atoms with Gasteiger partial charge in [0.2, 0.25) is 0 Å². The van der Waals surface area contributed by atoms with Crippen LogP contribution < -0.4 is 5.32 Å². The van der Waals surface area contributed by atoms with Crippen molar-refractivity contribution in [3.63, 3.8) is 0 Å². The van der Waals surface area contributed by atoms with Gasteiger partial charge in [-0.3, -0.25) is 4.68 Å². The zero-order valence-corrected chi connectivity index (χ0v) is 10.0. The van der Waals surface area contributed by atoms with E-state index < -0.39 is 0 Å². The molecule has 1 saturated heterocycles. The maximum Gasteiger partial charge on any atom is 0.0625 e. The SMILES string of the molecule is Cc1nn(CC2CCCNC2)c(C)c1C. The highest BCUT2D eigenvalue weighted by atomic mass is 15.3. The van der Waals surface area contributed by atoms with Gasteiger partial charge in [-0.25, -0.2) is 0 Å². The van der Waals surface area contributed by atoms with Crippen LogP contribution in [0.4, 0.5) is 0 Å². The van der Waals surface area contributed by atoms with Gasteiger partial charge in [0.1, 0.15) is 0 Å². The molecule has 0 amide bonds. The monoisotopic (exact) mass is 207 g/mol. The van der Waals surface area contributed by atoms with E-state index in [1.54, 1.807) is 0 Å². The fourth-order valence-corrected chi connectivity index (χ4v) is 2.29. The number of nitrogens with zero attached hydrogens (tertiary/aromatic N) is 2. The van der Waals surface area contributed by atoms with Crippen LogP contribution in [0.2, 0.25) is 0 Å². The smallest absolute Gasteiger partial charge is 0.0625 e. The van der Waals surface area contributed by atoms with Crippen LogP contribution in [0.1, 0.15) is 29.8 Å². The highest BCUT2D eigenvalue weighted by Crippen LogP contribution is 2.16. The summed E-state index contributed by atoms with van der Waals surface area (Å²) in [5, 5.41) is 8.05. The highest BCUT2D eigenvalue weighted by molar-refractivity contribution is 5.22. The number of aryl methyl sites for hydroxylation is 1. The minimum Gasteiger partial charge on any atom is -0.316 e. The molecule has 0 saturated carbocycles. The van der Waals surface area contributed by atoms with Gasteiger partial charge < -0.3 is 5.32 Å². The van der Waals surface area contributed by atoms with Gasteiger partial charge in [-0.2, -0.15) is 5.10 Å². The number of piperidine rings is 1. The Bertz CT molecular complexity index is 335. The Balaban J connectivity index is 2.06. The van der Waals surface area contributed by atoms with Crippen molar-refractivity contribution in [3.05, 3.63) is 17.0 Å². The van der Waals surface area contributed by atoms with Gasteiger partial charge in [0.25, 0.3) is 0 Å². The van der Waals surface area contributed by atoms with Crippen molar-refractivity contribution in [2.24, 2.45) is 5.92 Å². The molecule has 0 radical (unpaired) electrons. The summed E-state index contributed by atoms with van der Waals surface area (Å²) in [5.74, 6) is 0.760. The minimum atomic E-state index is 0.760. The van der Waals surface area contributed by atoms with Crippen molar-refractivity contribution < 1.29 is 0 Å². The first-order valence-electron chi connectivity index (χ1n) is 5.90. The average Bonchev–Trinajstić information content (AvgIpc) is 2.48. The second-order valence-electron chi connectivity index (χ2n) is 4.69. The lowest BCUT2D eigenvalue weighted by atomic mass is 10.00. The molecule has 0 spiro atoms. The van der Waals surface area contributed by atoms with Gasteiger partial charge in [-0.1, -0.05) is 0 Å². The van der Waals surface area contributed by atoms with Crippen molar-refractivity contribution >= 4 is 0 Å². The zero-order valence-electron chi connectivity index (χ0n) is 10.0. The van der Waals surface area contributed by atoms with E-state index in [1.165, 1.54) is 36.3 Å². The number of hydrogen-bond donors (Lipinski definition) is 1. The van der Waals surface area contributed by atoms with Gasteiger partial charge in [0.05, 0.1) is 5.69 Å². The molecule has 3 nitrogen and oxygen atoms in total. The molecule has 15 heavy (non-hydrogen) atoms. The fourth-order valence-electron chi connectivity index (χ4n) is 2.29. The van der Waals surface area contributed by atoms with Crippen molar-refractivity contribution in [3.8, 4) is 0 Å². The maximum atomic E-state index is 4.59. The second kappa shape index (κ2) is 4.35. The summed E-state index contributed by atoms with van der Waals surface area (Å²) in [7, 11) is 0. The van der Waals surface area contributed by atoms with Crippen LogP contribution >= 0.6 is 0 Å². The average molecular weight is 207 g/mol. The van der Waals surface area contributed by atoms with E-state index in [9.17, 15) is 0 Å². The summed E-state index contributed by atoms with van der Waals surface area (Å²) in [6, 6.07) is 0. The number of aromatic nitrogens is 2. The first-order chi connectivity index (χ1) is 7.18. The largest absolute Gasteiger partial charge is 0.316 e. The highest BCUT2D eigenvalue weighted by Gasteiger charge is 2.16. The molecule has 0 aliphatic carbocycles. The van der Waals surface area contributed by atoms with E-state index in [2.05, 4.69) is 35.9 Å². The lowest BCUT2D eigenvalue weighted by Gasteiger charge is -2.23. The molecular weight excluding hydrogens is 186 g/mol. The third-order valence-corrected chi connectivity index (χ3v) is 3.57. The Morgan fingerprint density at radius 1 is 1.40 bits per heavy atom. The van der Waals surface area contributed by atoms with Crippen LogP contribution in [0.3, 0.4) is 0 Å². The van der Waals surface area contributed by atoms with Crippen LogP contribution in [0.25, 0.3) is 0 Å². The van der Waals surface area contributed by atoms with Crippen LogP contribution in [-0.4, -0.2) is 22.9 Å². The van der Waals surface area contributed by atoms with E-state index in [4.69, 9.17) is 0 Å². The third-order valence-electron chi connectivity index (χ3n) is 3.57. The molecule has 1 unspecified atom stereocenters. The Labute approximate surface area is 91.9 Å². The molecule has 1 aliphatic heterocycles. The Hall–Kier alpha value is -0.830. The summed E-state index contributed by atoms with van der Waals surface area (Å²) >= 11 is 0. The maximum absolute atomic E-state index is 4.59. The fraction of sp³-hybridized carbons (Fsp3) is 0.750. The normalized spacial score (nSPS) is 21.9. The number of rotatable bonds is 2. The van der Waals surface area contributed by atoms with Gasteiger partial charge >= 0.3 is 0 Å². The molecule has 1 aromatic heterocycles. The minimum absolute atomic E-state index is 0.760. The molecule has 1 N–H and O–H groups in total. The Morgan fingerprint density at radius 2 is 2.20 bits per heavy atom. The van der Waals surface area contributed by atoms with E-state index in [-0.39, 0.29) is 0 Å². The van der Waals surface area contributed by atoms with E-state index in [0.717, 1.165) is 19.0 Å². The zero-order chi connectivity index (χ0) is 10.8. The number of hydrogen-bond acceptors (Lipinski definition) is 2. The molecule has 1 aliphatic rings. The second-order valence-corrected chi connectivity index (χ2v) is 4.69. The van der Waals surface area contributed by atoms with Crippen LogP contribution in [0.15, 0.2) is 0 Å². The number of nitrogens with one attached hydrogen (secondary N) is 1. The molecule has 2 heterocycles. The summed E-state index contributed by atoms with van der Waals surface area (Å²) in [6.07, 6.45) is 2.65. The van der Waals surface area contributed by atoms with Crippen LogP contribution in [0, 0.1) is 26.7 Å². The molecule has 3 heteroatoms. The van der Waals surface area contributed by atoms with E-state index in [0.29, 0.717) is 0 Å². The summed E-state index contributed by atoms with van der Waals surface area (Å²) in [5.41, 5.74) is 3.85. The van der Waals surface area contributed by atoms with Crippen LogP contribution in [-0.2, 0) is 6.54 Å². The molecule has 2 rings (SSSR count). The molecule has 1 aromatic rings. The quantitative estimate of drug-likeness (QED) is 0.801. The molecule has 0 aromatic carbocycles. The first kappa shape index (κ1) is 10.7. The molecule has 84 valence electrons. The van der Waals surface area contributed by atoms with Gasteiger partial charge in [-0.05, 0) is 58.2 Å². The van der Waals surface area contributed by atoms with Crippen molar-refractivity contribution in [2.45, 2.75) is 40.2 Å². The topological polar surface area (TPSA) is 29.9 Å². The van der Waals surface area contributed by atoms with Gasteiger partial charge in [0, 0.05) is 12.2 Å². The molecule has 0 bridgehead atoms. The van der Waals surface area contributed by atoms with Crippen LogP contribution in [0.5, 0.6) is 0 Å². The summed E-state index contributed by atoms with van der Waals surface area (Å²) in [4.78, 5) is 0. The van der Waals surface area contributed by atoms with Gasteiger partial charge in [-0.15, -0.1) is 0 Å². The van der Waals surface area contributed by atoms with Crippen molar-refractivity contribution in [1.82, 2.24) is 15.1 Å². The summed E-state index contributed by atoms with van der Waals surface area (Å²) in [6.45, 7) is 9.84. The van der Waals surface area contributed by atoms with Crippen molar-refractivity contribution in [1.29, 1.82) is 0 Å². The lowest BCUT2D eigenvalue weighted by molar-refractivity contribution is 0.322. The van der Waals surface area contributed by atoms with E-state index >= 15 is 0 Å². The summed E-state index contributed by atoms with van der Waals surface area (Å²) < 4.78 is 2.18. The lowest BCUT2D eigenvalue weighted by Crippen LogP contribution is -2.32. The predicted octanol–water partition coefficient (Wildman–Crippen LogP) is 1.81. The standard InChI is InChI=1S/C12H21N3/c1-9-10(2)14-15(11(9)3)8-12-5-4-6-13-7-12/h12-13H,4-8H2,1-3H3. The van der Waals surface area contributed by atoms with Crippen molar-refractivity contribution in [2.75, 3.05) is 13.1 Å². The van der Waals surface area contributed by atoms with Gasteiger partial charge in [0.15, 0.2) is 0 Å². The predicted molar refractivity (Wildman–Crippen MR) is 62.0 cm³/mol. The molecule has 1 fully saturated rings. The van der Waals surface area contributed by atoms with E-state index in [1.807, 2.05) is 0 Å². The first-order valence-corrected chi connectivity index (χ1v) is 5.90. The third kappa shape index (κ3) is 2.23. The Kier molecular flexibility index (Phi) is 3.10. The molecular formula is C12H21N3. The Morgan fingerprint density at radius 3 is 2.73 bits per heavy atom. The molecule has 1 atom stereocenters.